The molecule has 0 fully saturated rings. The topological polar surface area (TPSA) is 56.7 Å². The summed E-state index contributed by atoms with van der Waals surface area (Å²) >= 11 is 1.80. The van der Waals surface area contributed by atoms with E-state index in [1.807, 2.05) is 6.92 Å². The Morgan fingerprint density at radius 3 is 2.52 bits per heavy atom. The third-order valence-electron chi connectivity index (χ3n) is 2.93. The first-order valence-electron chi connectivity index (χ1n) is 7.36. The van der Waals surface area contributed by atoms with Crippen molar-refractivity contribution < 1.29 is 4.79 Å². The van der Waals surface area contributed by atoms with Crippen LogP contribution in [0.1, 0.15) is 30.0 Å². The molecule has 21 heavy (non-hydrogen) atoms. The molecule has 0 unspecified atom stereocenters. The summed E-state index contributed by atoms with van der Waals surface area (Å²) < 4.78 is 0. The van der Waals surface area contributed by atoms with Gasteiger partial charge in [0.25, 0.3) is 0 Å². The Hall–Kier alpha value is -1.56. The number of carbonyl (C=O) groups is 1. The minimum Gasteiger partial charge on any atom is -0.357 e. The second-order valence-electron chi connectivity index (χ2n) is 4.88. The first kappa shape index (κ1) is 17.5. The standard InChI is InChI=1S/C15H26N4OS/c1-5-12-7-8-13(21-12)11-18-15(16-6-2)17-10-9-14(20)19(3)4/h7-8H,5-6,9-11H2,1-4H3,(H2,16,17,18). The fourth-order valence-electron chi connectivity index (χ4n) is 1.71. The normalized spacial score (nSPS) is 11.3. The third kappa shape index (κ3) is 6.62. The van der Waals surface area contributed by atoms with Gasteiger partial charge in [-0.2, -0.15) is 0 Å². The molecule has 0 spiro atoms. The second-order valence-corrected chi connectivity index (χ2v) is 6.13. The fourth-order valence-corrected chi connectivity index (χ4v) is 2.59. The quantitative estimate of drug-likeness (QED) is 0.597. The van der Waals surface area contributed by atoms with Gasteiger partial charge in [0.05, 0.1) is 6.54 Å². The predicted octanol–water partition coefficient (Wildman–Crippen LogP) is 1.84. The number of thiophene rings is 1. The number of nitrogens with one attached hydrogen (secondary N) is 2. The molecule has 2 N–H and O–H groups in total. The molecular weight excluding hydrogens is 284 g/mol. The SMILES string of the molecule is CCNC(=NCc1ccc(CC)s1)NCCC(=O)N(C)C. The van der Waals surface area contributed by atoms with Crippen LogP contribution in [0.2, 0.25) is 0 Å². The van der Waals surface area contributed by atoms with E-state index in [2.05, 4.69) is 34.7 Å². The number of carbonyl (C=O) groups excluding carboxylic acids is 1. The zero-order valence-corrected chi connectivity index (χ0v) is 14.2. The molecule has 1 heterocycles. The first-order chi connectivity index (χ1) is 10.1. The van der Waals surface area contributed by atoms with Crippen LogP contribution in [0.15, 0.2) is 17.1 Å². The monoisotopic (exact) mass is 310 g/mol. The second kappa shape index (κ2) is 9.39. The molecule has 1 aromatic heterocycles. The maximum absolute atomic E-state index is 11.5. The Balaban J connectivity index is 2.47. The number of aliphatic imine (C=N–C) groups is 1. The highest BCUT2D eigenvalue weighted by atomic mass is 32.1. The summed E-state index contributed by atoms with van der Waals surface area (Å²) in [5.74, 6) is 0.875. The van der Waals surface area contributed by atoms with Crippen LogP contribution in [-0.2, 0) is 17.8 Å². The largest absolute Gasteiger partial charge is 0.357 e. The molecule has 0 aliphatic rings. The van der Waals surface area contributed by atoms with E-state index in [-0.39, 0.29) is 5.91 Å². The molecule has 0 saturated carbocycles. The van der Waals surface area contributed by atoms with Crippen molar-refractivity contribution in [2.24, 2.45) is 4.99 Å². The van der Waals surface area contributed by atoms with E-state index in [1.165, 1.54) is 9.75 Å². The molecule has 0 aliphatic heterocycles. The van der Waals surface area contributed by atoms with Crippen molar-refractivity contribution in [3.05, 3.63) is 21.9 Å². The molecule has 0 saturated heterocycles. The smallest absolute Gasteiger partial charge is 0.223 e. The average Bonchev–Trinajstić information content (AvgIpc) is 2.92. The van der Waals surface area contributed by atoms with E-state index in [0.717, 1.165) is 18.9 Å². The van der Waals surface area contributed by atoms with Crippen molar-refractivity contribution >= 4 is 23.2 Å². The van der Waals surface area contributed by atoms with E-state index in [1.54, 1.807) is 30.3 Å². The average molecular weight is 310 g/mol. The Labute approximate surface area is 131 Å². The first-order valence-corrected chi connectivity index (χ1v) is 8.18. The molecular formula is C15H26N4OS. The molecule has 0 radical (unpaired) electrons. The van der Waals surface area contributed by atoms with Gasteiger partial charge in [-0.05, 0) is 25.5 Å². The Bertz CT molecular complexity index is 468. The number of aryl methyl sites for hydroxylation is 1. The van der Waals surface area contributed by atoms with Crippen molar-refractivity contribution in [2.45, 2.75) is 33.2 Å². The highest BCUT2D eigenvalue weighted by molar-refractivity contribution is 7.11. The summed E-state index contributed by atoms with van der Waals surface area (Å²) in [5, 5.41) is 6.39. The molecule has 1 aromatic rings. The van der Waals surface area contributed by atoms with Crippen molar-refractivity contribution in [2.75, 3.05) is 27.2 Å². The van der Waals surface area contributed by atoms with Crippen LogP contribution in [0.4, 0.5) is 0 Å². The van der Waals surface area contributed by atoms with Crippen LogP contribution in [0.3, 0.4) is 0 Å². The molecule has 118 valence electrons. The van der Waals surface area contributed by atoms with Crippen LogP contribution >= 0.6 is 11.3 Å². The molecule has 6 heteroatoms. The van der Waals surface area contributed by atoms with Crippen LogP contribution in [0, 0.1) is 0 Å². The minimum atomic E-state index is 0.115. The Morgan fingerprint density at radius 2 is 1.95 bits per heavy atom. The molecule has 0 aromatic carbocycles. The fraction of sp³-hybridized carbons (Fsp3) is 0.600. The van der Waals surface area contributed by atoms with Crippen molar-refractivity contribution in [3.8, 4) is 0 Å². The maximum atomic E-state index is 11.5. The number of hydrogen-bond donors (Lipinski definition) is 2. The lowest BCUT2D eigenvalue weighted by atomic mass is 10.3. The van der Waals surface area contributed by atoms with Gasteiger partial charge >= 0.3 is 0 Å². The maximum Gasteiger partial charge on any atom is 0.223 e. The van der Waals surface area contributed by atoms with Gasteiger partial charge in [0.2, 0.25) is 5.91 Å². The Morgan fingerprint density at radius 1 is 1.24 bits per heavy atom. The van der Waals surface area contributed by atoms with Gasteiger partial charge in [0.15, 0.2) is 5.96 Å². The number of hydrogen-bond acceptors (Lipinski definition) is 3. The van der Waals surface area contributed by atoms with E-state index in [4.69, 9.17) is 0 Å². The van der Waals surface area contributed by atoms with Crippen molar-refractivity contribution in [3.63, 3.8) is 0 Å². The van der Waals surface area contributed by atoms with Crippen LogP contribution in [0.5, 0.6) is 0 Å². The lowest BCUT2D eigenvalue weighted by molar-refractivity contribution is -0.128. The summed E-state index contributed by atoms with van der Waals surface area (Å²) in [6.45, 7) is 6.25. The van der Waals surface area contributed by atoms with Gasteiger partial charge in [0.1, 0.15) is 0 Å². The summed E-state index contributed by atoms with van der Waals surface area (Å²) in [4.78, 5) is 20.3. The van der Waals surface area contributed by atoms with Gasteiger partial charge in [-0.25, -0.2) is 4.99 Å². The summed E-state index contributed by atoms with van der Waals surface area (Å²) in [5.41, 5.74) is 0. The summed E-state index contributed by atoms with van der Waals surface area (Å²) in [6.07, 6.45) is 1.54. The van der Waals surface area contributed by atoms with E-state index < -0.39 is 0 Å². The van der Waals surface area contributed by atoms with E-state index in [9.17, 15) is 4.79 Å². The Kier molecular flexibility index (Phi) is 7.82. The highest BCUT2D eigenvalue weighted by Crippen LogP contribution is 2.17. The summed E-state index contributed by atoms with van der Waals surface area (Å²) in [7, 11) is 3.54. The number of rotatable bonds is 7. The lowest BCUT2D eigenvalue weighted by Gasteiger charge is -2.13. The predicted molar refractivity (Wildman–Crippen MR) is 89.8 cm³/mol. The van der Waals surface area contributed by atoms with Crippen molar-refractivity contribution in [1.29, 1.82) is 0 Å². The number of nitrogens with zero attached hydrogens (tertiary/aromatic N) is 2. The lowest BCUT2D eigenvalue weighted by Crippen LogP contribution is -2.39. The molecule has 1 rings (SSSR count). The molecule has 1 amide bonds. The number of guanidine groups is 1. The highest BCUT2D eigenvalue weighted by Gasteiger charge is 2.04. The minimum absolute atomic E-state index is 0.115. The molecule has 0 aliphatic carbocycles. The van der Waals surface area contributed by atoms with Gasteiger partial charge in [0, 0.05) is 43.4 Å². The molecule has 0 atom stereocenters. The van der Waals surface area contributed by atoms with Crippen LogP contribution in [0.25, 0.3) is 0 Å². The van der Waals surface area contributed by atoms with Crippen LogP contribution in [-0.4, -0.2) is 44.0 Å². The molecule has 5 nitrogen and oxygen atoms in total. The van der Waals surface area contributed by atoms with Gasteiger partial charge in [-0.15, -0.1) is 11.3 Å². The van der Waals surface area contributed by atoms with E-state index in [0.29, 0.717) is 19.5 Å². The van der Waals surface area contributed by atoms with Gasteiger partial charge in [-0.1, -0.05) is 6.92 Å². The number of amides is 1. The summed E-state index contributed by atoms with van der Waals surface area (Å²) in [6, 6.07) is 4.29. The van der Waals surface area contributed by atoms with E-state index >= 15 is 0 Å². The zero-order chi connectivity index (χ0) is 15.7. The van der Waals surface area contributed by atoms with Crippen molar-refractivity contribution in [1.82, 2.24) is 15.5 Å². The third-order valence-corrected chi connectivity index (χ3v) is 4.15. The van der Waals surface area contributed by atoms with Crippen LogP contribution < -0.4 is 10.6 Å². The van der Waals surface area contributed by atoms with Gasteiger partial charge < -0.3 is 15.5 Å². The molecule has 0 bridgehead atoms. The zero-order valence-electron chi connectivity index (χ0n) is 13.4. The van der Waals surface area contributed by atoms with Gasteiger partial charge in [-0.3, -0.25) is 4.79 Å².